The van der Waals surface area contributed by atoms with E-state index in [1.54, 1.807) is 35.6 Å². The molecular formula is C28H32N2O5. The Morgan fingerprint density at radius 3 is 2.83 bits per heavy atom. The Balaban J connectivity index is 1.29. The number of likely N-dealkylation sites (tertiary alicyclic amines) is 1. The van der Waals surface area contributed by atoms with Gasteiger partial charge in [0.2, 0.25) is 5.91 Å². The third-order valence-corrected chi connectivity index (χ3v) is 9.82. The molecule has 7 rings (SSSR count). The average molecular weight is 477 g/mol. The number of likely N-dealkylation sites (N-methyl/N-ethyl adjacent to an activating group) is 1. The van der Waals surface area contributed by atoms with Crippen LogP contribution >= 0.6 is 0 Å². The number of nitrogens with zero attached hydrogens (tertiary/aromatic N) is 2. The van der Waals surface area contributed by atoms with E-state index >= 15 is 0 Å². The van der Waals surface area contributed by atoms with Crippen LogP contribution in [0.2, 0.25) is 0 Å². The van der Waals surface area contributed by atoms with Crippen molar-refractivity contribution < 1.29 is 24.2 Å². The first kappa shape index (κ1) is 21.5. The number of aliphatic hydroxyl groups is 1. The molecule has 1 aromatic carbocycles. The standard InChI is InChI=1S/C28H32N2O5/c1-29(23(32)8-5-17-10-14-34-16-17)20-9-11-28(33)22-15-18-6-7-21(31)25-24(18)27(28,26(20)35-25)12-13-30(22)19-3-2-4-19/h5-8,10,14,16,19-20,22,26,31,33H,2-4,9,11-13,15H2,1H3/b8-5+/t20-,22-,26+,27+,28-/m1/s1. The summed E-state index contributed by atoms with van der Waals surface area (Å²) in [5.74, 6) is 0.534. The fourth-order valence-electron chi connectivity index (χ4n) is 7.92. The van der Waals surface area contributed by atoms with Crippen LogP contribution in [-0.2, 0) is 16.6 Å². The maximum atomic E-state index is 13.2. The molecule has 0 unspecified atom stereocenters. The summed E-state index contributed by atoms with van der Waals surface area (Å²) in [6.07, 6.45) is 12.6. The largest absolute Gasteiger partial charge is 0.504 e. The lowest BCUT2D eigenvalue weighted by molar-refractivity contribution is -0.209. The minimum Gasteiger partial charge on any atom is -0.504 e. The second-order valence-electron chi connectivity index (χ2n) is 11.1. The van der Waals surface area contributed by atoms with Crippen molar-refractivity contribution in [1.82, 2.24) is 9.80 Å². The van der Waals surface area contributed by atoms with Gasteiger partial charge in [0.15, 0.2) is 11.5 Å². The molecule has 35 heavy (non-hydrogen) atoms. The van der Waals surface area contributed by atoms with E-state index in [9.17, 15) is 15.0 Å². The van der Waals surface area contributed by atoms with Crippen LogP contribution in [0.25, 0.3) is 6.08 Å². The van der Waals surface area contributed by atoms with E-state index in [0.717, 1.165) is 30.5 Å². The normalized spacial score (nSPS) is 35.4. The smallest absolute Gasteiger partial charge is 0.246 e. The van der Waals surface area contributed by atoms with Crippen LogP contribution < -0.4 is 4.74 Å². The van der Waals surface area contributed by atoms with Crippen LogP contribution in [0.4, 0.5) is 0 Å². The molecule has 0 radical (unpaired) electrons. The zero-order valence-electron chi connectivity index (χ0n) is 20.0. The minimum atomic E-state index is -0.940. The zero-order chi connectivity index (χ0) is 23.9. The molecule has 7 nitrogen and oxygen atoms in total. The summed E-state index contributed by atoms with van der Waals surface area (Å²) in [4.78, 5) is 17.5. The predicted molar refractivity (Wildman–Crippen MR) is 129 cm³/mol. The fraction of sp³-hybridized carbons (Fsp3) is 0.536. The van der Waals surface area contributed by atoms with Crippen LogP contribution in [0.5, 0.6) is 11.5 Å². The summed E-state index contributed by atoms with van der Waals surface area (Å²) >= 11 is 0. The van der Waals surface area contributed by atoms with Gasteiger partial charge in [-0.2, -0.15) is 0 Å². The van der Waals surface area contributed by atoms with E-state index in [2.05, 4.69) is 4.90 Å². The first-order chi connectivity index (χ1) is 16.9. The van der Waals surface area contributed by atoms with Gasteiger partial charge in [-0.15, -0.1) is 0 Å². The molecule has 5 atom stereocenters. The van der Waals surface area contributed by atoms with Crippen molar-refractivity contribution in [1.29, 1.82) is 0 Å². The summed E-state index contributed by atoms with van der Waals surface area (Å²) in [7, 11) is 1.82. The van der Waals surface area contributed by atoms with Gasteiger partial charge < -0.3 is 24.3 Å². The highest BCUT2D eigenvalue weighted by atomic mass is 16.5. The third kappa shape index (κ3) is 2.71. The number of aromatic hydroxyl groups is 1. The van der Waals surface area contributed by atoms with Gasteiger partial charge in [0.25, 0.3) is 0 Å². The average Bonchev–Trinajstić information content (AvgIpc) is 3.45. The Hall–Kier alpha value is -2.77. The Bertz CT molecular complexity index is 1200. The van der Waals surface area contributed by atoms with E-state index in [4.69, 9.17) is 9.15 Å². The number of carbonyl (C=O) groups excluding carboxylic acids is 1. The highest BCUT2D eigenvalue weighted by Gasteiger charge is 2.73. The van der Waals surface area contributed by atoms with Crippen LogP contribution in [0.15, 0.2) is 41.2 Å². The summed E-state index contributed by atoms with van der Waals surface area (Å²) in [5, 5.41) is 23.4. The topological polar surface area (TPSA) is 86.4 Å². The number of amides is 1. The number of piperidine rings is 1. The monoisotopic (exact) mass is 476 g/mol. The Labute approximate surface area is 205 Å². The van der Waals surface area contributed by atoms with Crippen molar-refractivity contribution in [2.45, 2.75) is 80.2 Å². The van der Waals surface area contributed by atoms with Crippen molar-refractivity contribution in [3.63, 3.8) is 0 Å². The van der Waals surface area contributed by atoms with Crippen LogP contribution in [-0.4, -0.2) is 69.3 Å². The van der Waals surface area contributed by atoms with Crippen LogP contribution in [0, 0.1) is 0 Å². The first-order valence-electron chi connectivity index (χ1n) is 12.9. The van der Waals surface area contributed by atoms with Crippen molar-refractivity contribution in [3.8, 4) is 11.5 Å². The number of benzene rings is 1. The number of phenolic OH excluding ortho intramolecular Hbond substituents is 1. The molecule has 2 saturated carbocycles. The summed E-state index contributed by atoms with van der Waals surface area (Å²) in [5.41, 5.74) is 1.44. The van der Waals surface area contributed by atoms with Crippen molar-refractivity contribution in [2.75, 3.05) is 13.6 Å². The van der Waals surface area contributed by atoms with E-state index < -0.39 is 17.1 Å². The first-order valence-corrected chi connectivity index (χ1v) is 12.9. The second kappa shape index (κ2) is 7.37. The van der Waals surface area contributed by atoms with Crippen LogP contribution in [0.1, 0.15) is 55.2 Å². The van der Waals surface area contributed by atoms with Crippen molar-refractivity contribution >= 4 is 12.0 Å². The fourth-order valence-corrected chi connectivity index (χ4v) is 7.92. The van der Waals surface area contributed by atoms with Crippen molar-refractivity contribution in [3.05, 3.63) is 53.5 Å². The highest BCUT2D eigenvalue weighted by Crippen LogP contribution is 2.66. The van der Waals surface area contributed by atoms with Gasteiger partial charge in [-0.05, 0) is 68.8 Å². The quantitative estimate of drug-likeness (QED) is 0.659. The summed E-state index contributed by atoms with van der Waals surface area (Å²) in [6, 6.07) is 5.94. The Morgan fingerprint density at radius 1 is 1.23 bits per heavy atom. The molecule has 3 heterocycles. The molecule has 2 N–H and O–H groups in total. The lowest BCUT2D eigenvalue weighted by Gasteiger charge is -2.66. The molecule has 3 fully saturated rings. The molecule has 7 heteroatoms. The molecule has 2 aliphatic heterocycles. The molecular weight excluding hydrogens is 444 g/mol. The van der Waals surface area contributed by atoms with Gasteiger partial charge >= 0.3 is 0 Å². The number of rotatable bonds is 4. The Morgan fingerprint density at radius 2 is 2.09 bits per heavy atom. The maximum absolute atomic E-state index is 13.2. The van der Waals surface area contributed by atoms with E-state index in [1.165, 1.54) is 24.8 Å². The van der Waals surface area contributed by atoms with Gasteiger partial charge in [0.05, 0.1) is 29.6 Å². The number of carbonyl (C=O) groups is 1. The minimum absolute atomic E-state index is 0.0404. The van der Waals surface area contributed by atoms with Crippen molar-refractivity contribution in [2.24, 2.45) is 0 Å². The number of furan rings is 1. The highest BCUT2D eigenvalue weighted by molar-refractivity contribution is 5.92. The lowest BCUT2D eigenvalue weighted by Crippen LogP contribution is -2.79. The maximum Gasteiger partial charge on any atom is 0.246 e. The van der Waals surface area contributed by atoms with E-state index in [0.29, 0.717) is 24.6 Å². The van der Waals surface area contributed by atoms with Crippen LogP contribution in [0.3, 0.4) is 0 Å². The molecule has 1 amide bonds. The van der Waals surface area contributed by atoms with Gasteiger partial charge in [0, 0.05) is 36.3 Å². The van der Waals surface area contributed by atoms with E-state index in [1.807, 2.05) is 19.2 Å². The molecule has 3 aliphatic carbocycles. The molecule has 184 valence electrons. The summed E-state index contributed by atoms with van der Waals surface area (Å²) < 4.78 is 11.7. The van der Waals surface area contributed by atoms with Gasteiger partial charge in [-0.1, -0.05) is 12.5 Å². The molecule has 2 bridgehead atoms. The third-order valence-electron chi connectivity index (χ3n) is 9.82. The Kier molecular flexibility index (Phi) is 4.53. The predicted octanol–water partition coefficient (Wildman–Crippen LogP) is 3.23. The lowest BCUT2D eigenvalue weighted by atomic mass is 9.48. The molecule has 1 saturated heterocycles. The number of hydrogen-bond acceptors (Lipinski definition) is 6. The molecule has 5 aliphatic rings. The SMILES string of the molecule is CN(C(=O)/C=C/c1ccoc1)[C@@H]1CC[C@@]2(O)[C@H]3Cc4ccc(O)c5c4[C@@]2(CCN3C2CCC2)[C@H]1O5. The number of ether oxygens (including phenoxy) is 1. The zero-order valence-corrected chi connectivity index (χ0v) is 20.0. The van der Waals surface area contributed by atoms with Gasteiger partial charge in [-0.25, -0.2) is 0 Å². The second-order valence-corrected chi connectivity index (χ2v) is 11.1. The molecule has 1 spiro atoms. The summed E-state index contributed by atoms with van der Waals surface area (Å²) in [6.45, 7) is 0.914. The van der Waals surface area contributed by atoms with Gasteiger partial charge in [-0.3, -0.25) is 9.69 Å². The molecule has 2 aromatic rings. The number of phenols is 1. The van der Waals surface area contributed by atoms with E-state index in [-0.39, 0.29) is 23.7 Å². The molecule has 1 aromatic heterocycles. The van der Waals surface area contributed by atoms with Gasteiger partial charge in [0.1, 0.15) is 6.10 Å². The number of hydrogen-bond donors (Lipinski definition) is 2.